The van der Waals surface area contributed by atoms with Gasteiger partial charge in [-0.1, -0.05) is 20.8 Å². The number of rotatable bonds is 5. The molecule has 1 heterocycles. The minimum atomic E-state index is -0.141. The molecule has 0 saturated heterocycles. The maximum Gasteiger partial charge on any atom is 0.131 e. The van der Waals surface area contributed by atoms with Crippen molar-refractivity contribution < 1.29 is 9.13 Å². The molecule has 1 aromatic carbocycles. The molecule has 0 radical (unpaired) electrons. The summed E-state index contributed by atoms with van der Waals surface area (Å²) in [6, 6.07) is 3.70. The molecule has 0 saturated carbocycles. The Bertz CT molecular complexity index is 464. The van der Waals surface area contributed by atoms with Gasteiger partial charge in [-0.05, 0) is 30.5 Å². The minimum Gasteiger partial charge on any atom is -0.497 e. The van der Waals surface area contributed by atoms with Gasteiger partial charge in [0.15, 0.2) is 0 Å². The zero-order chi connectivity index (χ0) is 14.7. The topological polar surface area (TPSA) is 21.3 Å². The van der Waals surface area contributed by atoms with Gasteiger partial charge >= 0.3 is 0 Å². The SMILES string of the molecule is CCCNC1c2cc(OC)cc(F)c2CSC1C(C)C. The summed E-state index contributed by atoms with van der Waals surface area (Å²) in [5.41, 5.74) is 1.91. The van der Waals surface area contributed by atoms with Crippen LogP contribution in [0.4, 0.5) is 4.39 Å². The zero-order valence-electron chi connectivity index (χ0n) is 12.7. The standard InChI is InChI=1S/C16H24FNOS/c1-5-6-18-15-12-7-11(19-4)8-14(17)13(12)9-20-16(15)10(2)3/h7-8,10,15-16,18H,5-6,9H2,1-4H3. The number of benzene rings is 1. The van der Waals surface area contributed by atoms with E-state index in [4.69, 9.17) is 4.74 Å². The van der Waals surface area contributed by atoms with Crippen molar-refractivity contribution in [2.75, 3.05) is 13.7 Å². The van der Waals surface area contributed by atoms with Crippen LogP contribution >= 0.6 is 11.8 Å². The van der Waals surface area contributed by atoms with Crippen molar-refractivity contribution in [2.45, 2.75) is 44.2 Å². The van der Waals surface area contributed by atoms with Gasteiger partial charge in [0.25, 0.3) is 0 Å². The van der Waals surface area contributed by atoms with E-state index in [-0.39, 0.29) is 11.9 Å². The molecule has 0 amide bonds. The van der Waals surface area contributed by atoms with Gasteiger partial charge in [-0.25, -0.2) is 4.39 Å². The Labute approximate surface area is 125 Å². The van der Waals surface area contributed by atoms with Crippen LogP contribution in [0.3, 0.4) is 0 Å². The molecule has 1 aliphatic rings. The smallest absolute Gasteiger partial charge is 0.131 e. The summed E-state index contributed by atoms with van der Waals surface area (Å²) < 4.78 is 19.5. The van der Waals surface area contributed by atoms with Gasteiger partial charge in [0.1, 0.15) is 11.6 Å². The van der Waals surface area contributed by atoms with Crippen LogP contribution in [-0.2, 0) is 5.75 Å². The molecule has 2 unspecified atom stereocenters. The van der Waals surface area contributed by atoms with E-state index in [1.54, 1.807) is 7.11 Å². The van der Waals surface area contributed by atoms with Crippen LogP contribution in [0.2, 0.25) is 0 Å². The minimum absolute atomic E-state index is 0.141. The molecule has 0 fully saturated rings. The first kappa shape index (κ1) is 15.6. The molecule has 0 bridgehead atoms. The molecule has 1 N–H and O–H groups in total. The van der Waals surface area contributed by atoms with Crippen molar-refractivity contribution in [3.8, 4) is 5.75 Å². The fraction of sp³-hybridized carbons (Fsp3) is 0.625. The second-order valence-electron chi connectivity index (χ2n) is 5.63. The fourth-order valence-corrected chi connectivity index (χ4v) is 4.22. The average Bonchev–Trinajstić information content (AvgIpc) is 2.44. The predicted octanol–water partition coefficient (Wildman–Crippen LogP) is 4.15. The fourth-order valence-electron chi connectivity index (χ4n) is 2.74. The van der Waals surface area contributed by atoms with E-state index in [1.807, 2.05) is 17.8 Å². The number of ether oxygens (including phenoxy) is 1. The molecule has 0 aromatic heterocycles. The number of methoxy groups -OCH3 is 1. The number of nitrogens with one attached hydrogen (secondary N) is 1. The van der Waals surface area contributed by atoms with Crippen molar-refractivity contribution in [3.05, 3.63) is 29.1 Å². The molecule has 1 aliphatic heterocycles. The highest BCUT2D eigenvalue weighted by Gasteiger charge is 2.33. The maximum absolute atomic E-state index is 14.2. The highest BCUT2D eigenvalue weighted by atomic mass is 32.2. The number of thioether (sulfide) groups is 1. The van der Waals surface area contributed by atoms with E-state index < -0.39 is 0 Å². The van der Waals surface area contributed by atoms with Gasteiger partial charge in [0.05, 0.1) is 7.11 Å². The van der Waals surface area contributed by atoms with Crippen LogP contribution in [0, 0.1) is 11.7 Å². The first-order valence-corrected chi connectivity index (χ1v) is 8.34. The third kappa shape index (κ3) is 3.12. The lowest BCUT2D eigenvalue weighted by Crippen LogP contribution is -2.37. The normalized spacial score (nSPS) is 21.9. The van der Waals surface area contributed by atoms with Crippen molar-refractivity contribution in [1.29, 1.82) is 0 Å². The summed E-state index contributed by atoms with van der Waals surface area (Å²) in [4.78, 5) is 0. The molecule has 0 spiro atoms. The summed E-state index contributed by atoms with van der Waals surface area (Å²) in [6.07, 6.45) is 1.08. The summed E-state index contributed by atoms with van der Waals surface area (Å²) in [7, 11) is 1.59. The van der Waals surface area contributed by atoms with Gasteiger partial charge in [0.2, 0.25) is 0 Å². The summed E-state index contributed by atoms with van der Waals surface area (Å²) >= 11 is 1.86. The molecular formula is C16H24FNOS. The lowest BCUT2D eigenvalue weighted by atomic mass is 9.92. The first-order valence-electron chi connectivity index (χ1n) is 7.29. The zero-order valence-corrected chi connectivity index (χ0v) is 13.5. The average molecular weight is 297 g/mol. The molecule has 2 nitrogen and oxygen atoms in total. The Morgan fingerprint density at radius 3 is 2.80 bits per heavy atom. The van der Waals surface area contributed by atoms with Crippen LogP contribution in [0.15, 0.2) is 12.1 Å². The lowest BCUT2D eigenvalue weighted by molar-refractivity contribution is 0.402. The number of hydrogen-bond donors (Lipinski definition) is 1. The number of fused-ring (bicyclic) bond motifs is 1. The Hall–Kier alpha value is -0.740. The Kier molecular flexibility index (Phi) is 5.33. The van der Waals surface area contributed by atoms with Crippen LogP contribution in [-0.4, -0.2) is 18.9 Å². The van der Waals surface area contributed by atoms with Gasteiger partial charge in [-0.2, -0.15) is 11.8 Å². The van der Waals surface area contributed by atoms with Crippen LogP contribution < -0.4 is 10.1 Å². The van der Waals surface area contributed by atoms with Crippen molar-refractivity contribution >= 4 is 11.8 Å². The van der Waals surface area contributed by atoms with Crippen LogP contribution in [0.25, 0.3) is 0 Å². The van der Waals surface area contributed by atoms with E-state index in [1.165, 1.54) is 6.07 Å². The Morgan fingerprint density at radius 2 is 2.20 bits per heavy atom. The summed E-state index contributed by atoms with van der Waals surface area (Å²) in [5.74, 6) is 1.77. The van der Waals surface area contributed by atoms with Crippen molar-refractivity contribution in [2.24, 2.45) is 5.92 Å². The molecule has 1 aromatic rings. The van der Waals surface area contributed by atoms with Gasteiger partial charge in [-0.15, -0.1) is 0 Å². The van der Waals surface area contributed by atoms with Gasteiger partial charge in [0, 0.05) is 28.7 Å². The monoisotopic (exact) mass is 297 g/mol. The molecule has 4 heteroatoms. The lowest BCUT2D eigenvalue weighted by Gasteiger charge is -2.36. The second kappa shape index (κ2) is 6.81. The largest absolute Gasteiger partial charge is 0.497 e. The number of halogens is 1. The maximum atomic E-state index is 14.2. The first-order chi connectivity index (χ1) is 9.58. The Balaban J connectivity index is 2.41. The molecule has 20 heavy (non-hydrogen) atoms. The van der Waals surface area contributed by atoms with Crippen molar-refractivity contribution in [3.63, 3.8) is 0 Å². The highest BCUT2D eigenvalue weighted by Crippen LogP contribution is 2.43. The van der Waals surface area contributed by atoms with E-state index in [9.17, 15) is 4.39 Å². The quantitative estimate of drug-likeness (QED) is 0.882. The Morgan fingerprint density at radius 1 is 1.45 bits per heavy atom. The molecule has 0 aliphatic carbocycles. The van der Waals surface area contributed by atoms with Crippen molar-refractivity contribution in [1.82, 2.24) is 5.32 Å². The highest BCUT2D eigenvalue weighted by molar-refractivity contribution is 7.99. The summed E-state index contributed by atoms with van der Waals surface area (Å²) in [6.45, 7) is 7.58. The third-order valence-electron chi connectivity index (χ3n) is 3.79. The third-order valence-corrected chi connectivity index (χ3v) is 5.45. The number of hydrogen-bond acceptors (Lipinski definition) is 3. The van der Waals surface area contributed by atoms with Crippen LogP contribution in [0.1, 0.15) is 44.4 Å². The van der Waals surface area contributed by atoms with Gasteiger partial charge < -0.3 is 10.1 Å². The molecule has 2 atom stereocenters. The van der Waals surface area contributed by atoms with E-state index in [0.29, 0.717) is 16.9 Å². The summed E-state index contributed by atoms with van der Waals surface area (Å²) in [5, 5.41) is 4.07. The molecular weight excluding hydrogens is 273 g/mol. The van der Waals surface area contributed by atoms with E-state index in [2.05, 4.69) is 26.1 Å². The van der Waals surface area contributed by atoms with Gasteiger partial charge in [-0.3, -0.25) is 0 Å². The van der Waals surface area contributed by atoms with E-state index in [0.717, 1.165) is 29.8 Å². The molecule has 112 valence electrons. The molecule has 2 rings (SSSR count). The second-order valence-corrected chi connectivity index (χ2v) is 6.79. The van der Waals surface area contributed by atoms with Crippen LogP contribution in [0.5, 0.6) is 5.75 Å². The van der Waals surface area contributed by atoms with E-state index >= 15 is 0 Å². The predicted molar refractivity (Wildman–Crippen MR) is 83.9 cm³/mol.